The zero-order chi connectivity index (χ0) is 21.7. The first-order chi connectivity index (χ1) is 15.6. The van der Waals surface area contributed by atoms with Crippen LogP contribution in [0.3, 0.4) is 0 Å². The largest absolute Gasteiger partial charge is 0.382 e. The molecule has 32 heavy (non-hydrogen) atoms. The Balaban J connectivity index is 1.13. The number of nitrogens with one attached hydrogen (secondary N) is 1. The van der Waals surface area contributed by atoms with E-state index in [-0.39, 0.29) is 0 Å². The summed E-state index contributed by atoms with van der Waals surface area (Å²) >= 11 is 6.10. The summed E-state index contributed by atoms with van der Waals surface area (Å²) in [5.41, 5.74) is 9.18. The topological polar surface area (TPSA) is 81.6 Å². The van der Waals surface area contributed by atoms with Gasteiger partial charge in [-0.15, -0.1) is 0 Å². The van der Waals surface area contributed by atoms with Crippen molar-refractivity contribution in [1.82, 2.24) is 19.5 Å². The Hall–Kier alpha value is -2.86. The Morgan fingerprint density at radius 3 is 2.88 bits per heavy atom. The summed E-state index contributed by atoms with van der Waals surface area (Å²) in [5.74, 6) is 2.10. The second kappa shape index (κ2) is 7.93. The second-order valence-electron chi connectivity index (χ2n) is 9.36. The Bertz CT molecular complexity index is 1290. The Labute approximate surface area is 192 Å². The number of pyridine rings is 1. The van der Waals surface area contributed by atoms with Crippen LogP contribution >= 0.6 is 11.6 Å². The van der Waals surface area contributed by atoms with Crippen molar-refractivity contribution in [3.05, 3.63) is 53.4 Å². The van der Waals surface area contributed by atoms with Gasteiger partial charge in [0.25, 0.3) is 0 Å². The average molecular weight is 447 g/mol. The summed E-state index contributed by atoms with van der Waals surface area (Å²) in [5, 5.41) is 6.24. The van der Waals surface area contributed by atoms with Gasteiger partial charge in [0, 0.05) is 23.7 Å². The van der Waals surface area contributed by atoms with Crippen molar-refractivity contribution in [3.63, 3.8) is 0 Å². The maximum Gasteiger partial charge on any atom is 0.145 e. The highest BCUT2D eigenvalue weighted by Crippen LogP contribution is 2.39. The lowest BCUT2D eigenvalue weighted by atomic mass is 9.97. The van der Waals surface area contributed by atoms with Crippen LogP contribution in [0.5, 0.6) is 0 Å². The molecule has 2 fully saturated rings. The van der Waals surface area contributed by atoms with Crippen LogP contribution in [0, 0.1) is 5.92 Å². The van der Waals surface area contributed by atoms with Crippen LogP contribution in [-0.4, -0.2) is 25.6 Å². The van der Waals surface area contributed by atoms with Crippen LogP contribution in [0.25, 0.3) is 21.9 Å². The molecular weight excluding hydrogens is 420 g/mol. The number of benzene rings is 1. The molecular formula is C25H27ClN6. The van der Waals surface area contributed by atoms with E-state index in [1.165, 1.54) is 44.1 Å². The first kappa shape index (κ1) is 19.8. The molecule has 7 heteroatoms. The summed E-state index contributed by atoms with van der Waals surface area (Å²) in [6.45, 7) is 0. The number of hydrogen-bond acceptors (Lipinski definition) is 5. The SMILES string of the molecule is Nc1nc2cc(CCC3CCC(n4ccc5c(NC6CC6)ncnc54)C3)ccc2cc1Cl. The number of nitrogens with two attached hydrogens (primary N) is 1. The van der Waals surface area contributed by atoms with Crippen molar-refractivity contribution in [2.75, 3.05) is 11.1 Å². The normalized spacial score (nSPS) is 20.9. The van der Waals surface area contributed by atoms with E-state index < -0.39 is 0 Å². The number of hydrogen-bond donors (Lipinski definition) is 2. The molecule has 2 unspecified atom stereocenters. The number of fused-ring (bicyclic) bond motifs is 2. The van der Waals surface area contributed by atoms with Gasteiger partial charge in [-0.2, -0.15) is 0 Å². The molecule has 6 rings (SSSR count). The van der Waals surface area contributed by atoms with Gasteiger partial charge in [0.05, 0.1) is 15.9 Å². The zero-order valence-corrected chi connectivity index (χ0v) is 18.7. The minimum Gasteiger partial charge on any atom is -0.382 e. The highest BCUT2D eigenvalue weighted by Gasteiger charge is 2.28. The summed E-state index contributed by atoms with van der Waals surface area (Å²) in [6, 6.07) is 11.6. The molecule has 2 atom stereocenters. The fraction of sp³-hybridized carbons (Fsp3) is 0.400. The van der Waals surface area contributed by atoms with E-state index in [2.05, 4.69) is 55.3 Å². The number of aryl methyl sites for hydroxylation is 1. The molecule has 3 N–H and O–H groups in total. The molecule has 0 spiro atoms. The summed E-state index contributed by atoms with van der Waals surface area (Å²) in [4.78, 5) is 13.5. The predicted octanol–water partition coefficient (Wildman–Crippen LogP) is 5.76. The lowest BCUT2D eigenvalue weighted by molar-refractivity contribution is 0.461. The summed E-state index contributed by atoms with van der Waals surface area (Å²) in [7, 11) is 0. The fourth-order valence-electron chi connectivity index (χ4n) is 5.09. The van der Waals surface area contributed by atoms with Gasteiger partial charge in [-0.1, -0.05) is 23.7 Å². The van der Waals surface area contributed by atoms with Crippen LogP contribution in [0.1, 0.15) is 50.1 Å². The molecule has 2 aliphatic rings. The van der Waals surface area contributed by atoms with Crippen LogP contribution < -0.4 is 11.1 Å². The smallest absolute Gasteiger partial charge is 0.145 e. The molecule has 164 valence electrons. The maximum atomic E-state index is 6.10. The third-order valence-electron chi connectivity index (χ3n) is 7.04. The maximum absolute atomic E-state index is 6.10. The lowest BCUT2D eigenvalue weighted by Gasteiger charge is -2.15. The Kier molecular flexibility index (Phi) is 4.90. The van der Waals surface area contributed by atoms with Crippen LogP contribution in [0.4, 0.5) is 11.6 Å². The highest BCUT2D eigenvalue weighted by molar-refractivity contribution is 6.33. The molecule has 0 aliphatic heterocycles. The molecule has 3 heterocycles. The van der Waals surface area contributed by atoms with Gasteiger partial charge in [-0.25, -0.2) is 15.0 Å². The molecule has 1 aromatic carbocycles. The minimum atomic E-state index is 0.396. The number of nitrogen functional groups attached to an aromatic ring is 1. The summed E-state index contributed by atoms with van der Waals surface area (Å²) < 4.78 is 2.38. The number of aromatic nitrogens is 4. The standard InChI is InChI=1S/C25H27ClN6/c26-21-13-17-5-3-16(12-22(17)31-23(21)27)2-1-15-4-8-19(11-15)32-10-9-20-24(30-18-6-7-18)28-14-29-25(20)32/h3,5,9-10,12-15,18-19H,1-2,4,6-8,11H2,(H2,27,31)(H,28,29,30). The molecule has 4 aromatic rings. The number of nitrogens with zero attached hydrogens (tertiary/aromatic N) is 4. The van der Waals surface area contributed by atoms with Gasteiger partial charge >= 0.3 is 0 Å². The third kappa shape index (κ3) is 3.77. The zero-order valence-electron chi connectivity index (χ0n) is 18.0. The quantitative estimate of drug-likeness (QED) is 0.393. The molecule has 0 amide bonds. The molecule has 2 aliphatic carbocycles. The molecule has 3 aromatic heterocycles. The molecule has 6 nitrogen and oxygen atoms in total. The van der Waals surface area contributed by atoms with E-state index in [4.69, 9.17) is 17.3 Å². The van der Waals surface area contributed by atoms with E-state index in [0.29, 0.717) is 22.9 Å². The first-order valence-electron chi connectivity index (χ1n) is 11.6. The fourth-order valence-corrected chi connectivity index (χ4v) is 5.25. The lowest BCUT2D eigenvalue weighted by Crippen LogP contribution is -2.07. The van der Waals surface area contributed by atoms with E-state index in [1.807, 2.05) is 6.07 Å². The molecule has 0 bridgehead atoms. The molecule has 0 saturated heterocycles. The number of rotatable bonds is 6. The number of anilines is 2. The second-order valence-corrected chi connectivity index (χ2v) is 9.76. The van der Waals surface area contributed by atoms with Gasteiger partial charge in [-0.3, -0.25) is 0 Å². The monoisotopic (exact) mass is 446 g/mol. The van der Waals surface area contributed by atoms with Crippen LogP contribution in [0.2, 0.25) is 5.02 Å². The highest BCUT2D eigenvalue weighted by atomic mass is 35.5. The Morgan fingerprint density at radius 1 is 1.09 bits per heavy atom. The summed E-state index contributed by atoms with van der Waals surface area (Å²) in [6.07, 6.45) is 12.3. The molecule has 2 saturated carbocycles. The van der Waals surface area contributed by atoms with Gasteiger partial charge < -0.3 is 15.6 Å². The average Bonchev–Trinajstić information content (AvgIpc) is 3.30. The van der Waals surface area contributed by atoms with Gasteiger partial charge in [0.15, 0.2) is 0 Å². The van der Waals surface area contributed by atoms with E-state index in [9.17, 15) is 0 Å². The van der Waals surface area contributed by atoms with Gasteiger partial charge in [-0.05, 0) is 74.6 Å². The molecule has 0 radical (unpaired) electrons. The first-order valence-corrected chi connectivity index (χ1v) is 11.9. The van der Waals surface area contributed by atoms with E-state index >= 15 is 0 Å². The van der Waals surface area contributed by atoms with E-state index in [0.717, 1.165) is 40.1 Å². The van der Waals surface area contributed by atoms with Crippen LogP contribution in [-0.2, 0) is 6.42 Å². The van der Waals surface area contributed by atoms with Crippen molar-refractivity contribution < 1.29 is 0 Å². The van der Waals surface area contributed by atoms with Gasteiger partial charge in [0.2, 0.25) is 0 Å². The van der Waals surface area contributed by atoms with Crippen LogP contribution in [0.15, 0.2) is 42.9 Å². The number of halogens is 1. The van der Waals surface area contributed by atoms with Crippen molar-refractivity contribution in [2.24, 2.45) is 5.92 Å². The minimum absolute atomic E-state index is 0.396. The van der Waals surface area contributed by atoms with Gasteiger partial charge in [0.1, 0.15) is 23.6 Å². The Morgan fingerprint density at radius 2 is 2.00 bits per heavy atom. The van der Waals surface area contributed by atoms with Crippen molar-refractivity contribution in [2.45, 2.75) is 57.0 Å². The van der Waals surface area contributed by atoms with E-state index in [1.54, 1.807) is 6.33 Å². The predicted molar refractivity (Wildman–Crippen MR) is 130 cm³/mol. The van der Waals surface area contributed by atoms with Crippen molar-refractivity contribution in [3.8, 4) is 0 Å². The third-order valence-corrected chi connectivity index (χ3v) is 7.34. The van der Waals surface area contributed by atoms with Crippen molar-refractivity contribution >= 4 is 45.2 Å². The van der Waals surface area contributed by atoms with Crippen molar-refractivity contribution in [1.29, 1.82) is 0 Å².